The van der Waals surface area contributed by atoms with Crippen LogP contribution in [0.15, 0.2) is 53.6 Å². The largest absolute Gasteiger partial charge is 0.368 e. The minimum Gasteiger partial charge on any atom is -0.368 e. The van der Waals surface area contributed by atoms with Crippen LogP contribution in [-0.2, 0) is 0 Å². The summed E-state index contributed by atoms with van der Waals surface area (Å²) in [6, 6.07) is 10.6. The van der Waals surface area contributed by atoms with Crippen molar-refractivity contribution in [3.8, 4) is 5.69 Å². The molecule has 31 heavy (non-hydrogen) atoms. The zero-order chi connectivity index (χ0) is 21.7. The Hall–Kier alpha value is -3.72. The van der Waals surface area contributed by atoms with Crippen molar-refractivity contribution >= 4 is 34.7 Å². The number of hydrogen-bond acceptors (Lipinski definition) is 7. The molecule has 1 aliphatic rings. The van der Waals surface area contributed by atoms with Gasteiger partial charge >= 0.3 is 0 Å². The average molecular weight is 436 g/mol. The van der Waals surface area contributed by atoms with E-state index in [1.165, 1.54) is 17.6 Å². The van der Waals surface area contributed by atoms with Crippen molar-refractivity contribution < 1.29 is 4.79 Å². The van der Waals surface area contributed by atoms with E-state index in [4.69, 9.17) is 22.4 Å². The van der Waals surface area contributed by atoms with Gasteiger partial charge in [0.2, 0.25) is 5.95 Å². The maximum Gasteiger partial charge on any atom is 0.284 e. The van der Waals surface area contributed by atoms with Gasteiger partial charge in [0.15, 0.2) is 11.6 Å². The Morgan fingerprint density at radius 1 is 1.23 bits per heavy atom. The SMILES string of the molecule is CC(=O)c1cnc(N)nc1N1CCC1c1nn2ccc(Cl)c2c(=O)n1-c1ccccc1. The summed E-state index contributed by atoms with van der Waals surface area (Å²) in [5.41, 5.74) is 6.88. The van der Waals surface area contributed by atoms with Gasteiger partial charge in [-0.05, 0) is 31.5 Å². The third-order valence-corrected chi connectivity index (χ3v) is 5.74. The number of carbonyl (C=O) groups is 1. The predicted octanol–water partition coefficient (Wildman–Crippen LogP) is 2.66. The van der Waals surface area contributed by atoms with Gasteiger partial charge in [0.25, 0.3) is 5.56 Å². The summed E-state index contributed by atoms with van der Waals surface area (Å²) in [4.78, 5) is 35.8. The first-order valence-corrected chi connectivity index (χ1v) is 10.1. The number of nitrogens with zero attached hydrogens (tertiary/aromatic N) is 6. The second-order valence-electron chi connectivity index (χ2n) is 7.31. The van der Waals surface area contributed by atoms with Crippen LogP contribution in [0, 0.1) is 0 Å². The first-order chi connectivity index (χ1) is 15.0. The monoisotopic (exact) mass is 435 g/mol. The number of rotatable bonds is 4. The Kier molecular flexibility index (Phi) is 4.48. The molecule has 0 bridgehead atoms. The van der Waals surface area contributed by atoms with Gasteiger partial charge < -0.3 is 10.6 Å². The minimum atomic E-state index is -0.286. The number of nitrogens with two attached hydrogens (primary N) is 1. The second kappa shape index (κ2) is 7.21. The predicted molar refractivity (Wildman–Crippen MR) is 117 cm³/mol. The van der Waals surface area contributed by atoms with Crippen LogP contribution in [0.5, 0.6) is 0 Å². The number of carbonyl (C=O) groups excluding carboxylic acids is 1. The molecule has 1 aromatic carbocycles. The molecule has 1 atom stereocenters. The van der Waals surface area contributed by atoms with Gasteiger partial charge in [0, 0.05) is 18.9 Å². The molecule has 5 rings (SSSR count). The number of ketones is 1. The molecule has 9 nitrogen and oxygen atoms in total. The highest BCUT2D eigenvalue weighted by atomic mass is 35.5. The van der Waals surface area contributed by atoms with Crippen molar-refractivity contribution in [2.45, 2.75) is 19.4 Å². The molecule has 156 valence electrons. The third kappa shape index (κ3) is 3.05. The molecule has 1 aliphatic heterocycles. The van der Waals surface area contributed by atoms with E-state index >= 15 is 0 Å². The first kappa shape index (κ1) is 19.3. The molecule has 1 saturated heterocycles. The Bertz CT molecular complexity index is 1380. The fourth-order valence-corrected chi connectivity index (χ4v) is 4.08. The molecule has 4 aromatic rings. The van der Waals surface area contributed by atoms with Crippen molar-refractivity contribution in [3.63, 3.8) is 0 Å². The lowest BCUT2D eigenvalue weighted by Crippen LogP contribution is -2.46. The molecular formula is C21H18ClN7O2. The summed E-state index contributed by atoms with van der Waals surface area (Å²) < 4.78 is 3.06. The molecule has 10 heteroatoms. The fourth-order valence-electron chi connectivity index (χ4n) is 3.85. The molecule has 0 spiro atoms. The molecule has 3 aromatic heterocycles. The van der Waals surface area contributed by atoms with Crippen LogP contribution in [0.4, 0.5) is 11.8 Å². The molecule has 0 radical (unpaired) electrons. The van der Waals surface area contributed by atoms with Crippen LogP contribution in [0.2, 0.25) is 5.02 Å². The lowest BCUT2D eigenvalue weighted by Gasteiger charge is -2.42. The van der Waals surface area contributed by atoms with Gasteiger partial charge in [-0.3, -0.25) is 14.2 Å². The smallest absolute Gasteiger partial charge is 0.284 e. The second-order valence-corrected chi connectivity index (χ2v) is 7.72. The maximum atomic E-state index is 13.4. The third-order valence-electron chi connectivity index (χ3n) is 5.43. The summed E-state index contributed by atoms with van der Waals surface area (Å²) in [7, 11) is 0. The Morgan fingerprint density at radius 3 is 2.68 bits per heavy atom. The number of fused-ring (bicyclic) bond motifs is 1. The number of aromatic nitrogens is 5. The lowest BCUT2D eigenvalue weighted by molar-refractivity contribution is 0.101. The highest BCUT2D eigenvalue weighted by Gasteiger charge is 2.37. The number of halogens is 1. The van der Waals surface area contributed by atoms with Crippen molar-refractivity contribution in [2.24, 2.45) is 0 Å². The molecule has 0 amide bonds. The van der Waals surface area contributed by atoms with E-state index < -0.39 is 0 Å². The van der Waals surface area contributed by atoms with Crippen LogP contribution < -0.4 is 16.2 Å². The van der Waals surface area contributed by atoms with Gasteiger partial charge in [0.05, 0.1) is 22.3 Å². The van der Waals surface area contributed by atoms with Gasteiger partial charge in [-0.2, -0.15) is 10.1 Å². The van der Waals surface area contributed by atoms with Gasteiger partial charge in [-0.25, -0.2) is 9.50 Å². The first-order valence-electron chi connectivity index (χ1n) is 9.71. The molecule has 4 heterocycles. The van der Waals surface area contributed by atoms with Crippen LogP contribution in [0.1, 0.15) is 35.6 Å². The Labute approximate surface area is 181 Å². The number of Topliss-reactive ketones (excluding diaryl/α,β-unsaturated/α-hetero) is 1. The minimum absolute atomic E-state index is 0.0757. The van der Waals surface area contributed by atoms with Crippen LogP contribution >= 0.6 is 11.6 Å². The summed E-state index contributed by atoms with van der Waals surface area (Å²) in [6.45, 7) is 2.09. The average Bonchev–Trinajstić information content (AvgIpc) is 3.09. The van der Waals surface area contributed by atoms with Crippen molar-refractivity contribution in [1.82, 2.24) is 24.1 Å². The standard InChI is InChI=1S/C21H18ClN7O2/c1-12(30)14-11-24-21(23)25-18(14)27-9-8-16(27)19-26-28-10-7-15(22)17(28)20(31)29(19)13-5-3-2-4-6-13/h2-7,10-11,16H,8-9H2,1H3,(H2,23,24,25). The number of anilines is 2. The summed E-state index contributed by atoms with van der Waals surface area (Å²) >= 11 is 6.26. The normalized spacial score (nSPS) is 15.8. The van der Waals surface area contributed by atoms with E-state index in [2.05, 4.69) is 9.97 Å². The van der Waals surface area contributed by atoms with Gasteiger partial charge in [-0.1, -0.05) is 29.8 Å². The van der Waals surface area contributed by atoms with E-state index in [9.17, 15) is 9.59 Å². The maximum absolute atomic E-state index is 13.4. The van der Waals surface area contributed by atoms with E-state index in [-0.39, 0.29) is 23.3 Å². The van der Waals surface area contributed by atoms with Crippen LogP contribution in [0.25, 0.3) is 11.2 Å². The summed E-state index contributed by atoms with van der Waals surface area (Å²) in [5.74, 6) is 0.873. The summed E-state index contributed by atoms with van der Waals surface area (Å²) in [6.07, 6.45) is 3.81. The Morgan fingerprint density at radius 2 is 2.00 bits per heavy atom. The highest BCUT2D eigenvalue weighted by molar-refractivity contribution is 6.33. The zero-order valence-electron chi connectivity index (χ0n) is 16.6. The number of para-hydroxylation sites is 1. The van der Waals surface area contributed by atoms with Crippen molar-refractivity contribution in [2.75, 3.05) is 17.2 Å². The molecule has 2 N–H and O–H groups in total. The molecule has 0 aliphatic carbocycles. The Balaban J connectivity index is 1.72. The number of benzene rings is 1. The van der Waals surface area contributed by atoms with E-state index in [1.807, 2.05) is 35.2 Å². The highest BCUT2D eigenvalue weighted by Crippen LogP contribution is 2.38. The number of hydrogen-bond donors (Lipinski definition) is 1. The molecule has 1 fully saturated rings. The van der Waals surface area contributed by atoms with Crippen molar-refractivity contribution in [3.05, 3.63) is 75.6 Å². The van der Waals surface area contributed by atoms with Crippen LogP contribution in [0.3, 0.4) is 0 Å². The summed E-state index contributed by atoms with van der Waals surface area (Å²) in [5, 5.41) is 5.06. The number of nitrogen functional groups attached to an aromatic ring is 1. The van der Waals surface area contributed by atoms with Gasteiger partial charge in [-0.15, -0.1) is 0 Å². The van der Waals surface area contributed by atoms with Crippen molar-refractivity contribution in [1.29, 1.82) is 0 Å². The molecular weight excluding hydrogens is 418 g/mol. The van der Waals surface area contributed by atoms with E-state index in [0.29, 0.717) is 40.0 Å². The quantitative estimate of drug-likeness (QED) is 0.490. The molecule has 1 unspecified atom stereocenters. The molecule has 0 saturated carbocycles. The topological polar surface area (TPSA) is 111 Å². The van der Waals surface area contributed by atoms with Crippen LogP contribution in [-0.4, -0.2) is 36.5 Å². The zero-order valence-corrected chi connectivity index (χ0v) is 17.3. The fraction of sp³-hybridized carbons (Fsp3) is 0.190. The lowest BCUT2D eigenvalue weighted by atomic mass is 10.00. The van der Waals surface area contributed by atoms with E-state index in [1.54, 1.807) is 16.8 Å². The van der Waals surface area contributed by atoms with E-state index in [0.717, 1.165) is 6.42 Å². The van der Waals surface area contributed by atoms with Gasteiger partial charge in [0.1, 0.15) is 11.3 Å².